The summed E-state index contributed by atoms with van der Waals surface area (Å²) >= 11 is 0. The lowest BCUT2D eigenvalue weighted by Crippen LogP contribution is -2.22. The van der Waals surface area contributed by atoms with Crippen LogP contribution in [0.3, 0.4) is 0 Å². The van der Waals surface area contributed by atoms with E-state index < -0.39 is 5.97 Å². The van der Waals surface area contributed by atoms with Crippen LogP contribution in [0.15, 0.2) is 43.1 Å². The highest BCUT2D eigenvalue weighted by molar-refractivity contribution is 5.92. The monoisotopic (exact) mass is 475 g/mol. The number of ether oxygens (including phenoxy) is 4. The molecule has 1 fully saturated rings. The third kappa shape index (κ3) is 3.84. The minimum absolute atomic E-state index is 0.248. The Labute approximate surface area is 201 Å². The zero-order chi connectivity index (χ0) is 23.9. The van der Waals surface area contributed by atoms with Crippen LogP contribution in [0.4, 0.5) is 0 Å². The molecule has 6 rings (SSSR count). The predicted molar refractivity (Wildman–Crippen MR) is 125 cm³/mol. The smallest absolute Gasteiger partial charge is 0.339 e. The molecule has 0 bridgehead atoms. The molecule has 4 aromatic rings. The van der Waals surface area contributed by atoms with E-state index in [9.17, 15) is 4.79 Å². The predicted octanol–water partition coefficient (Wildman–Crippen LogP) is 3.71. The van der Waals surface area contributed by atoms with Gasteiger partial charge in [-0.15, -0.1) is 0 Å². The molecule has 1 atom stereocenters. The summed E-state index contributed by atoms with van der Waals surface area (Å²) in [5.74, 6) is 1.37. The molecule has 1 aliphatic heterocycles. The number of fused-ring (bicyclic) bond motifs is 2. The van der Waals surface area contributed by atoms with Crippen LogP contribution < -0.4 is 14.2 Å². The Balaban J connectivity index is 1.24. The number of imidazole rings is 1. The SMILES string of the molecule is COC(=O)c1cnc2c(c1)ncn2Cc1cc(OC)c2c(c1)OCC(c1cnn(C3CCC3)c1)O2. The molecule has 1 unspecified atom stereocenters. The number of esters is 1. The number of aromatic nitrogens is 5. The van der Waals surface area contributed by atoms with Gasteiger partial charge in [-0.1, -0.05) is 0 Å². The number of carbonyl (C=O) groups excluding carboxylic acids is 1. The van der Waals surface area contributed by atoms with Crippen LogP contribution in [0.5, 0.6) is 17.2 Å². The van der Waals surface area contributed by atoms with Crippen molar-refractivity contribution < 1.29 is 23.7 Å². The molecule has 3 aromatic heterocycles. The maximum atomic E-state index is 11.8. The van der Waals surface area contributed by atoms with Crippen LogP contribution in [0.25, 0.3) is 11.2 Å². The molecule has 10 nitrogen and oxygen atoms in total. The average Bonchev–Trinajstić information content (AvgIpc) is 3.49. The van der Waals surface area contributed by atoms with Crippen molar-refractivity contribution in [1.82, 2.24) is 24.3 Å². The topological polar surface area (TPSA) is 103 Å². The molecule has 35 heavy (non-hydrogen) atoms. The van der Waals surface area contributed by atoms with E-state index in [1.54, 1.807) is 19.5 Å². The first kappa shape index (κ1) is 21.5. The number of pyridine rings is 1. The van der Waals surface area contributed by atoms with Gasteiger partial charge in [-0.05, 0) is 43.0 Å². The van der Waals surface area contributed by atoms with E-state index in [2.05, 4.69) is 21.3 Å². The molecule has 4 heterocycles. The quantitative estimate of drug-likeness (QED) is 0.389. The highest BCUT2D eigenvalue weighted by atomic mass is 16.6. The zero-order valence-electron chi connectivity index (χ0n) is 19.5. The summed E-state index contributed by atoms with van der Waals surface area (Å²) < 4.78 is 26.8. The molecule has 1 aromatic carbocycles. The van der Waals surface area contributed by atoms with E-state index in [1.807, 2.05) is 27.6 Å². The number of methoxy groups -OCH3 is 2. The molecular formula is C25H25N5O5. The third-order valence-electron chi connectivity index (χ3n) is 6.62. The van der Waals surface area contributed by atoms with E-state index >= 15 is 0 Å². The van der Waals surface area contributed by atoms with Gasteiger partial charge in [0.15, 0.2) is 23.3 Å². The number of hydrogen-bond donors (Lipinski definition) is 0. The Morgan fingerprint density at radius 2 is 2.06 bits per heavy atom. The molecule has 10 heteroatoms. The minimum atomic E-state index is -0.445. The van der Waals surface area contributed by atoms with Gasteiger partial charge in [0.1, 0.15) is 12.1 Å². The minimum Gasteiger partial charge on any atom is -0.493 e. The number of nitrogens with zero attached hydrogens (tertiary/aromatic N) is 5. The first-order valence-corrected chi connectivity index (χ1v) is 11.6. The largest absolute Gasteiger partial charge is 0.493 e. The first-order valence-electron chi connectivity index (χ1n) is 11.6. The summed E-state index contributed by atoms with van der Waals surface area (Å²) in [5.41, 5.74) is 3.58. The van der Waals surface area contributed by atoms with E-state index in [0.717, 1.165) is 11.1 Å². The molecule has 0 N–H and O–H groups in total. The highest BCUT2D eigenvalue weighted by Crippen LogP contribution is 2.44. The van der Waals surface area contributed by atoms with E-state index in [1.165, 1.54) is 32.6 Å². The molecule has 0 radical (unpaired) electrons. The van der Waals surface area contributed by atoms with Crippen LogP contribution in [-0.2, 0) is 11.3 Å². The summed E-state index contributed by atoms with van der Waals surface area (Å²) in [6.07, 6.45) is 10.5. The lowest BCUT2D eigenvalue weighted by atomic mass is 9.93. The number of benzene rings is 1. The van der Waals surface area contributed by atoms with Gasteiger partial charge in [-0.25, -0.2) is 14.8 Å². The second-order valence-electron chi connectivity index (χ2n) is 8.81. The number of carbonyl (C=O) groups is 1. The van der Waals surface area contributed by atoms with Crippen LogP contribution in [-0.4, -0.2) is 51.1 Å². The molecule has 0 saturated heterocycles. The number of hydrogen-bond acceptors (Lipinski definition) is 8. The average molecular weight is 476 g/mol. The standard InChI is InChI=1S/C25H25N5O5/c1-32-20-6-15(11-29-14-27-19-8-16(25(31)33-2)9-26-24(19)29)7-21-23(20)35-22(13-34-21)17-10-28-30(12-17)18-4-3-5-18/h6-10,12,14,18,22H,3-5,11,13H2,1-2H3. The van der Waals surface area contributed by atoms with Crippen molar-refractivity contribution >= 4 is 17.1 Å². The third-order valence-corrected chi connectivity index (χ3v) is 6.62. The maximum absolute atomic E-state index is 11.8. The van der Waals surface area contributed by atoms with Gasteiger partial charge < -0.3 is 23.5 Å². The molecule has 180 valence electrons. The highest BCUT2D eigenvalue weighted by Gasteiger charge is 2.29. The fourth-order valence-corrected chi connectivity index (χ4v) is 4.46. The van der Waals surface area contributed by atoms with Gasteiger partial charge in [0, 0.05) is 18.0 Å². The lowest BCUT2D eigenvalue weighted by Gasteiger charge is -2.28. The van der Waals surface area contributed by atoms with Gasteiger partial charge >= 0.3 is 5.97 Å². The van der Waals surface area contributed by atoms with E-state index in [-0.39, 0.29) is 6.10 Å². The second-order valence-corrected chi connectivity index (χ2v) is 8.81. The van der Waals surface area contributed by atoms with Crippen molar-refractivity contribution in [3.8, 4) is 17.2 Å². The summed E-state index contributed by atoms with van der Waals surface area (Å²) in [5, 5.41) is 4.52. The Bertz CT molecular complexity index is 1390. The molecular weight excluding hydrogens is 450 g/mol. The lowest BCUT2D eigenvalue weighted by molar-refractivity contribution is 0.0600. The van der Waals surface area contributed by atoms with Gasteiger partial charge in [-0.2, -0.15) is 5.10 Å². The molecule has 1 saturated carbocycles. The Morgan fingerprint density at radius 1 is 1.17 bits per heavy atom. The Kier molecular flexibility index (Phi) is 5.28. The normalized spacial score (nSPS) is 17.3. The van der Waals surface area contributed by atoms with Crippen molar-refractivity contribution in [3.05, 3.63) is 59.8 Å². The van der Waals surface area contributed by atoms with Crippen LogP contribution >= 0.6 is 0 Å². The fraction of sp³-hybridized carbons (Fsp3) is 0.360. The van der Waals surface area contributed by atoms with Gasteiger partial charge in [0.2, 0.25) is 5.75 Å². The first-order chi connectivity index (χ1) is 17.1. The van der Waals surface area contributed by atoms with Crippen LogP contribution in [0, 0.1) is 0 Å². The van der Waals surface area contributed by atoms with Crippen molar-refractivity contribution in [2.24, 2.45) is 0 Å². The number of rotatable bonds is 6. The molecule has 0 spiro atoms. The van der Waals surface area contributed by atoms with E-state index in [0.29, 0.717) is 53.2 Å². The van der Waals surface area contributed by atoms with Crippen molar-refractivity contribution in [2.75, 3.05) is 20.8 Å². The molecule has 2 aliphatic rings. The Hall–Kier alpha value is -4.08. The van der Waals surface area contributed by atoms with Gasteiger partial charge in [0.05, 0.1) is 44.9 Å². The van der Waals surface area contributed by atoms with Crippen LogP contribution in [0.2, 0.25) is 0 Å². The van der Waals surface area contributed by atoms with Crippen LogP contribution in [0.1, 0.15) is 52.9 Å². The molecule has 1 aliphatic carbocycles. The van der Waals surface area contributed by atoms with E-state index in [4.69, 9.17) is 18.9 Å². The zero-order valence-corrected chi connectivity index (χ0v) is 19.5. The Morgan fingerprint density at radius 3 is 2.83 bits per heavy atom. The summed E-state index contributed by atoms with van der Waals surface area (Å²) in [7, 11) is 2.95. The van der Waals surface area contributed by atoms with Crippen molar-refractivity contribution in [1.29, 1.82) is 0 Å². The second kappa shape index (κ2) is 8.61. The fourth-order valence-electron chi connectivity index (χ4n) is 4.46. The maximum Gasteiger partial charge on any atom is 0.339 e. The molecule has 0 amide bonds. The summed E-state index contributed by atoms with van der Waals surface area (Å²) in [6, 6.07) is 6.04. The van der Waals surface area contributed by atoms with Gasteiger partial charge in [0.25, 0.3) is 0 Å². The van der Waals surface area contributed by atoms with Gasteiger partial charge in [-0.3, -0.25) is 4.68 Å². The van der Waals surface area contributed by atoms with Crippen molar-refractivity contribution in [2.45, 2.75) is 38.0 Å². The summed E-state index contributed by atoms with van der Waals surface area (Å²) in [4.78, 5) is 20.6. The summed E-state index contributed by atoms with van der Waals surface area (Å²) in [6.45, 7) is 0.882. The van der Waals surface area contributed by atoms with Crippen molar-refractivity contribution in [3.63, 3.8) is 0 Å².